The van der Waals surface area contributed by atoms with Crippen molar-refractivity contribution in [2.45, 2.75) is 13.5 Å². The van der Waals surface area contributed by atoms with E-state index in [2.05, 4.69) is 15.4 Å². The second-order valence-corrected chi connectivity index (χ2v) is 3.64. The summed E-state index contributed by atoms with van der Waals surface area (Å²) in [4.78, 5) is 15.2. The third-order valence-corrected chi connectivity index (χ3v) is 2.26. The first-order valence-corrected chi connectivity index (χ1v) is 5.63. The zero-order valence-corrected chi connectivity index (χ0v) is 10.0. The molecule has 0 saturated heterocycles. The van der Waals surface area contributed by atoms with E-state index in [1.54, 1.807) is 17.9 Å². The second kappa shape index (κ2) is 5.81. The van der Waals surface area contributed by atoms with Gasteiger partial charge in [-0.3, -0.25) is 5.32 Å². The maximum Gasteiger partial charge on any atom is 0.411 e. The van der Waals surface area contributed by atoms with Crippen LogP contribution in [0.25, 0.3) is 0 Å². The fourth-order valence-electron chi connectivity index (χ4n) is 1.53. The van der Waals surface area contributed by atoms with Crippen molar-refractivity contribution in [3.8, 4) is 0 Å². The summed E-state index contributed by atoms with van der Waals surface area (Å²) in [6.45, 7) is 2.73. The standard InChI is InChI=1S/C12H14N4O2/c1-2-18-12(17)15-11-5-3-4-10(6-11)7-16-9-13-8-14-16/h3-6,8-9H,2,7H2,1H3,(H,15,17). The third kappa shape index (κ3) is 3.31. The molecular formula is C12H14N4O2. The molecule has 2 aromatic rings. The Bertz CT molecular complexity index is 511. The molecule has 0 saturated carbocycles. The van der Waals surface area contributed by atoms with E-state index in [1.165, 1.54) is 6.33 Å². The van der Waals surface area contributed by atoms with Gasteiger partial charge < -0.3 is 4.74 Å². The summed E-state index contributed by atoms with van der Waals surface area (Å²) in [5.41, 5.74) is 1.72. The highest BCUT2D eigenvalue weighted by molar-refractivity contribution is 5.84. The average Bonchev–Trinajstić information content (AvgIpc) is 2.82. The number of hydrogen-bond acceptors (Lipinski definition) is 4. The molecule has 0 bridgehead atoms. The number of amides is 1. The number of carbonyl (C=O) groups is 1. The van der Waals surface area contributed by atoms with Crippen LogP contribution in [0.15, 0.2) is 36.9 Å². The highest BCUT2D eigenvalue weighted by Crippen LogP contribution is 2.11. The van der Waals surface area contributed by atoms with Gasteiger partial charge in [-0.15, -0.1) is 0 Å². The lowest BCUT2D eigenvalue weighted by atomic mass is 10.2. The van der Waals surface area contributed by atoms with Crippen LogP contribution < -0.4 is 5.32 Å². The molecule has 0 atom stereocenters. The molecule has 2 rings (SSSR count). The fraction of sp³-hybridized carbons (Fsp3) is 0.250. The van der Waals surface area contributed by atoms with E-state index in [0.29, 0.717) is 18.8 Å². The maximum atomic E-state index is 11.3. The van der Waals surface area contributed by atoms with Crippen LogP contribution in [-0.2, 0) is 11.3 Å². The molecule has 0 aliphatic rings. The van der Waals surface area contributed by atoms with E-state index in [0.717, 1.165) is 5.56 Å². The molecule has 0 radical (unpaired) electrons. The van der Waals surface area contributed by atoms with E-state index >= 15 is 0 Å². The Morgan fingerprint density at radius 2 is 2.39 bits per heavy atom. The highest BCUT2D eigenvalue weighted by atomic mass is 16.5. The molecule has 6 nitrogen and oxygen atoms in total. The second-order valence-electron chi connectivity index (χ2n) is 3.64. The Kier molecular flexibility index (Phi) is 3.90. The minimum absolute atomic E-state index is 0.352. The smallest absolute Gasteiger partial charge is 0.411 e. The van der Waals surface area contributed by atoms with E-state index in [9.17, 15) is 4.79 Å². The number of anilines is 1. The monoisotopic (exact) mass is 246 g/mol. The van der Waals surface area contributed by atoms with Gasteiger partial charge in [-0.1, -0.05) is 12.1 Å². The lowest BCUT2D eigenvalue weighted by Crippen LogP contribution is -2.13. The van der Waals surface area contributed by atoms with E-state index < -0.39 is 6.09 Å². The summed E-state index contributed by atoms with van der Waals surface area (Å²) in [6, 6.07) is 7.51. The number of benzene rings is 1. The number of rotatable bonds is 4. The summed E-state index contributed by atoms with van der Waals surface area (Å²) < 4.78 is 6.53. The number of hydrogen-bond donors (Lipinski definition) is 1. The molecule has 1 N–H and O–H groups in total. The van der Waals surface area contributed by atoms with Crippen molar-refractivity contribution in [2.24, 2.45) is 0 Å². The number of nitrogens with one attached hydrogen (secondary N) is 1. The molecule has 0 aliphatic carbocycles. The minimum atomic E-state index is -0.449. The molecule has 0 unspecified atom stereocenters. The summed E-state index contributed by atoms with van der Waals surface area (Å²) in [5.74, 6) is 0. The fourth-order valence-corrected chi connectivity index (χ4v) is 1.53. The molecule has 94 valence electrons. The summed E-state index contributed by atoms with van der Waals surface area (Å²) in [5, 5.41) is 6.68. The number of ether oxygens (including phenoxy) is 1. The van der Waals surface area contributed by atoms with E-state index in [4.69, 9.17) is 4.74 Å². The van der Waals surface area contributed by atoms with Crippen LogP contribution in [-0.4, -0.2) is 27.5 Å². The summed E-state index contributed by atoms with van der Waals surface area (Å²) >= 11 is 0. The number of aromatic nitrogens is 3. The van der Waals surface area contributed by atoms with Crippen LogP contribution in [0.4, 0.5) is 10.5 Å². The van der Waals surface area contributed by atoms with Crippen LogP contribution >= 0.6 is 0 Å². The molecule has 0 aliphatic heterocycles. The molecule has 1 heterocycles. The van der Waals surface area contributed by atoms with Gasteiger partial charge in [-0.05, 0) is 24.6 Å². The van der Waals surface area contributed by atoms with Crippen molar-refractivity contribution in [2.75, 3.05) is 11.9 Å². The van der Waals surface area contributed by atoms with Crippen molar-refractivity contribution in [3.63, 3.8) is 0 Å². The van der Waals surface area contributed by atoms with Gasteiger partial charge in [0.25, 0.3) is 0 Å². The molecule has 1 aromatic carbocycles. The van der Waals surface area contributed by atoms with Crippen LogP contribution in [0.5, 0.6) is 0 Å². The normalized spacial score (nSPS) is 10.1. The Labute approximate surface area is 105 Å². The van der Waals surface area contributed by atoms with Gasteiger partial charge >= 0.3 is 6.09 Å². The molecule has 1 amide bonds. The predicted octanol–water partition coefficient (Wildman–Crippen LogP) is 1.89. The molecule has 6 heteroatoms. The average molecular weight is 246 g/mol. The predicted molar refractivity (Wildman–Crippen MR) is 66.2 cm³/mol. The third-order valence-electron chi connectivity index (χ3n) is 2.26. The van der Waals surface area contributed by atoms with Gasteiger partial charge in [0.15, 0.2) is 0 Å². The van der Waals surface area contributed by atoms with Gasteiger partial charge in [0.05, 0.1) is 13.2 Å². The van der Waals surface area contributed by atoms with Crippen LogP contribution in [0, 0.1) is 0 Å². The van der Waals surface area contributed by atoms with E-state index in [1.807, 2.05) is 24.3 Å². The van der Waals surface area contributed by atoms with Gasteiger partial charge in [-0.2, -0.15) is 5.10 Å². The Balaban J connectivity index is 2.03. The highest BCUT2D eigenvalue weighted by Gasteiger charge is 2.03. The van der Waals surface area contributed by atoms with Crippen molar-refractivity contribution >= 4 is 11.8 Å². The lowest BCUT2D eigenvalue weighted by molar-refractivity contribution is 0.168. The summed E-state index contributed by atoms with van der Waals surface area (Å²) in [6.07, 6.45) is 2.68. The largest absolute Gasteiger partial charge is 0.450 e. The number of carbonyl (C=O) groups excluding carboxylic acids is 1. The first kappa shape index (κ1) is 12.1. The quantitative estimate of drug-likeness (QED) is 0.894. The van der Waals surface area contributed by atoms with Gasteiger partial charge in [0.2, 0.25) is 0 Å². The van der Waals surface area contributed by atoms with Gasteiger partial charge in [0, 0.05) is 5.69 Å². The lowest BCUT2D eigenvalue weighted by Gasteiger charge is -2.07. The molecule has 0 spiro atoms. The zero-order chi connectivity index (χ0) is 12.8. The van der Waals surface area contributed by atoms with Crippen molar-refractivity contribution in [1.82, 2.24) is 14.8 Å². The first-order valence-electron chi connectivity index (χ1n) is 5.63. The van der Waals surface area contributed by atoms with Crippen molar-refractivity contribution in [1.29, 1.82) is 0 Å². The van der Waals surface area contributed by atoms with Crippen LogP contribution in [0.3, 0.4) is 0 Å². The van der Waals surface area contributed by atoms with Gasteiger partial charge in [-0.25, -0.2) is 14.5 Å². The molecule has 18 heavy (non-hydrogen) atoms. The minimum Gasteiger partial charge on any atom is -0.450 e. The summed E-state index contributed by atoms with van der Waals surface area (Å²) in [7, 11) is 0. The first-order chi connectivity index (χ1) is 8.78. The van der Waals surface area contributed by atoms with Gasteiger partial charge in [0.1, 0.15) is 12.7 Å². The molecule has 0 fully saturated rings. The number of nitrogens with zero attached hydrogens (tertiary/aromatic N) is 3. The van der Waals surface area contributed by atoms with Crippen LogP contribution in [0.1, 0.15) is 12.5 Å². The Morgan fingerprint density at radius 1 is 1.50 bits per heavy atom. The van der Waals surface area contributed by atoms with Crippen molar-refractivity contribution < 1.29 is 9.53 Å². The van der Waals surface area contributed by atoms with Crippen LogP contribution in [0.2, 0.25) is 0 Å². The van der Waals surface area contributed by atoms with E-state index in [-0.39, 0.29) is 0 Å². The SMILES string of the molecule is CCOC(=O)Nc1cccc(Cn2cncn2)c1. The Hall–Kier alpha value is -2.37. The van der Waals surface area contributed by atoms with Crippen molar-refractivity contribution in [3.05, 3.63) is 42.5 Å². The molecule has 1 aromatic heterocycles. The Morgan fingerprint density at radius 3 is 3.11 bits per heavy atom. The maximum absolute atomic E-state index is 11.3. The topological polar surface area (TPSA) is 69.0 Å². The molecular weight excluding hydrogens is 232 g/mol. The zero-order valence-electron chi connectivity index (χ0n) is 10.0.